The molecule has 1 aromatic carbocycles. The Hall–Kier alpha value is -1.25. The molecule has 0 atom stereocenters. The molecule has 0 unspecified atom stereocenters. The van der Waals surface area contributed by atoms with E-state index in [1.165, 1.54) is 30.3 Å². The van der Waals surface area contributed by atoms with Crippen molar-refractivity contribution >= 4 is 9.84 Å². The van der Waals surface area contributed by atoms with Gasteiger partial charge in [0.15, 0.2) is 9.84 Å². The second kappa shape index (κ2) is 5.63. The Morgan fingerprint density at radius 1 is 1.00 bits per heavy atom. The van der Waals surface area contributed by atoms with Gasteiger partial charge in [0, 0.05) is 0 Å². The van der Waals surface area contributed by atoms with Crippen molar-refractivity contribution in [1.29, 1.82) is 0 Å². The lowest BCUT2D eigenvalue weighted by molar-refractivity contribution is -0.253. The fourth-order valence-corrected chi connectivity index (χ4v) is 2.96. The summed E-state index contributed by atoms with van der Waals surface area (Å²) in [6.45, 7) is 0. The highest BCUT2D eigenvalue weighted by atomic mass is 32.2. The highest BCUT2D eigenvalue weighted by molar-refractivity contribution is 7.90. The molecule has 0 N–H and O–H groups in total. The Balaban J connectivity index is 2.91. The lowest BCUT2D eigenvalue weighted by atomic mass is 10.2. The van der Waals surface area contributed by atoms with Crippen molar-refractivity contribution in [2.45, 2.75) is 24.0 Å². The van der Waals surface area contributed by atoms with Gasteiger partial charge in [0.05, 0.1) is 5.75 Å². The Morgan fingerprint density at radius 3 is 1.95 bits per heavy atom. The van der Waals surface area contributed by atoms with Crippen LogP contribution in [0.25, 0.3) is 0 Å². The number of rotatable bonds is 6. The molecule has 0 aliphatic rings. The average molecular weight is 320 g/mol. The third-order valence-corrected chi connectivity index (χ3v) is 3.97. The van der Waals surface area contributed by atoms with Gasteiger partial charge in [-0.3, -0.25) is 0 Å². The van der Waals surface area contributed by atoms with Crippen LogP contribution in [0.15, 0.2) is 30.3 Å². The van der Waals surface area contributed by atoms with Crippen LogP contribution < -0.4 is 0 Å². The molecule has 9 heteroatoms. The monoisotopic (exact) mass is 320 g/mol. The second-order valence-corrected chi connectivity index (χ2v) is 6.21. The summed E-state index contributed by atoms with van der Waals surface area (Å²) in [4.78, 5) is 0. The minimum absolute atomic E-state index is 0.101. The zero-order valence-corrected chi connectivity index (χ0v) is 10.7. The molecule has 0 saturated heterocycles. The van der Waals surface area contributed by atoms with Crippen LogP contribution in [-0.2, 0) is 15.6 Å². The van der Waals surface area contributed by atoms with Crippen molar-refractivity contribution in [3.05, 3.63) is 35.9 Å². The Kier molecular flexibility index (Phi) is 4.73. The van der Waals surface area contributed by atoms with E-state index in [2.05, 4.69) is 0 Å². The number of halogens is 6. The van der Waals surface area contributed by atoms with Crippen LogP contribution in [0.2, 0.25) is 0 Å². The van der Waals surface area contributed by atoms with Gasteiger partial charge in [-0.15, -0.1) is 0 Å². The molecular formula is C11H10F6O2S. The number of benzene rings is 1. The molecule has 0 spiro atoms. The average Bonchev–Trinajstić information content (AvgIpc) is 2.27. The maximum absolute atomic E-state index is 13.0. The minimum atomic E-state index is -5.70. The van der Waals surface area contributed by atoms with Gasteiger partial charge in [0.25, 0.3) is 0 Å². The predicted molar refractivity (Wildman–Crippen MR) is 59.8 cm³/mol. The van der Waals surface area contributed by atoms with Crippen LogP contribution in [-0.4, -0.2) is 32.4 Å². The molecule has 114 valence electrons. The molecule has 0 fully saturated rings. The third kappa shape index (κ3) is 3.87. The maximum Gasteiger partial charge on any atom is 0.370 e. The Morgan fingerprint density at radius 2 is 1.50 bits per heavy atom. The van der Waals surface area contributed by atoms with Crippen LogP contribution in [0, 0.1) is 0 Å². The van der Waals surface area contributed by atoms with Gasteiger partial charge < -0.3 is 0 Å². The first kappa shape index (κ1) is 16.8. The van der Waals surface area contributed by atoms with E-state index in [0.717, 1.165) is 0 Å². The van der Waals surface area contributed by atoms with E-state index in [1.807, 2.05) is 0 Å². The molecule has 20 heavy (non-hydrogen) atoms. The first-order chi connectivity index (χ1) is 8.98. The normalized spacial score (nSPS) is 13.8. The first-order valence-electron chi connectivity index (χ1n) is 5.26. The molecule has 0 amide bonds. The number of hydrogen-bond acceptors (Lipinski definition) is 2. The Labute approximate surface area is 111 Å². The van der Waals surface area contributed by atoms with E-state index in [4.69, 9.17) is 0 Å². The van der Waals surface area contributed by atoms with Crippen molar-refractivity contribution in [1.82, 2.24) is 0 Å². The lowest BCUT2D eigenvalue weighted by Crippen LogP contribution is -2.50. The van der Waals surface area contributed by atoms with E-state index in [9.17, 15) is 34.8 Å². The van der Waals surface area contributed by atoms with Gasteiger partial charge in [-0.25, -0.2) is 17.2 Å². The van der Waals surface area contributed by atoms with Gasteiger partial charge in [-0.05, 0) is 5.56 Å². The first-order valence-corrected chi connectivity index (χ1v) is 7.08. The van der Waals surface area contributed by atoms with Crippen LogP contribution in [0.4, 0.5) is 26.3 Å². The summed E-state index contributed by atoms with van der Waals surface area (Å²) in [5.74, 6) is -14.3. The van der Waals surface area contributed by atoms with Gasteiger partial charge in [-0.2, -0.15) is 17.6 Å². The summed E-state index contributed by atoms with van der Waals surface area (Å²) >= 11 is 0. The smallest absolute Gasteiger partial charge is 0.228 e. The molecule has 0 saturated carbocycles. The zero-order chi connectivity index (χ0) is 15.6. The van der Waals surface area contributed by atoms with E-state index in [1.54, 1.807) is 0 Å². The van der Waals surface area contributed by atoms with Crippen molar-refractivity contribution in [3.8, 4) is 0 Å². The number of sulfone groups is 1. The van der Waals surface area contributed by atoms with Crippen molar-refractivity contribution in [2.75, 3.05) is 5.75 Å². The molecule has 0 bridgehead atoms. The van der Waals surface area contributed by atoms with Gasteiger partial charge in [0.2, 0.25) is 0 Å². The van der Waals surface area contributed by atoms with Crippen LogP contribution in [0.3, 0.4) is 0 Å². The van der Waals surface area contributed by atoms with Crippen molar-refractivity contribution in [3.63, 3.8) is 0 Å². The zero-order valence-electron chi connectivity index (χ0n) is 9.87. The molecule has 2 nitrogen and oxygen atoms in total. The maximum atomic E-state index is 13.0. The molecule has 0 aromatic heterocycles. The predicted octanol–water partition coefficient (Wildman–Crippen LogP) is 3.14. The van der Waals surface area contributed by atoms with Gasteiger partial charge in [-0.1, -0.05) is 30.3 Å². The van der Waals surface area contributed by atoms with E-state index >= 15 is 0 Å². The quantitative estimate of drug-likeness (QED) is 0.755. The molecular weight excluding hydrogens is 310 g/mol. The molecule has 0 aliphatic carbocycles. The largest absolute Gasteiger partial charge is 0.370 e. The van der Waals surface area contributed by atoms with E-state index in [-0.39, 0.29) is 5.56 Å². The van der Waals surface area contributed by atoms with Crippen molar-refractivity contribution in [2.24, 2.45) is 0 Å². The van der Waals surface area contributed by atoms with Gasteiger partial charge in [0.1, 0.15) is 5.75 Å². The topological polar surface area (TPSA) is 34.1 Å². The summed E-state index contributed by atoms with van der Waals surface area (Å²) in [6.07, 6.45) is -4.65. The molecule has 0 radical (unpaired) electrons. The fourth-order valence-electron chi connectivity index (χ4n) is 1.41. The van der Waals surface area contributed by atoms with E-state index in [0.29, 0.717) is 0 Å². The standard InChI is InChI=1S/C11H10F6O2S/c12-9(13)11(16,17)10(14,15)7-20(18,19)6-8-4-2-1-3-5-8/h1-5,9H,6-7H2. The minimum Gasteiger partial charge on any atom is -0.228 e. The Bertz CT molecular complexity index is 541. The molecule has 1 rings (SSSR count). The van der Waals surface area contributed by atoms with Crippen molar-refractivity contribution < 1.29 is 34.8 Å². The fraction of sp³-hybridized carbons (Fsp3) is 0.455. The van der Waals surface area contributed by atoms with Gasteiger partial charge >= 0.3 is 18.3 Å². The second-order valence-electron chi connectivity index (χ2n) is 4.15. The molecule has 1 aromatic rings. The summed E-state index contributed by atoms with van der Waals surface area (Å²) in [5.41, 5.74) is 0.101. The highest BCUT2D eigenvalue weighted by Crippen LogP contribution is 2.40. The summed E-state index contributed by atoms with van der Waals surface area (Å²) < 4.78 is 98.0. The summed E-state index contributed by atoms with van der Waals surface area (Å²) in [5, 5.41) is 0. The highest BCUT2D eigenvalue weighted by Gasteiger charge is 2.64. The van der Waals surface area contributed by atoms with Crippen LogP contribution in [0.5, 0.6) is 0 Å². The summed E-state index contributed by atoms with van der Waals surface area (Å²) in [7, 11) is -4.67. The lowest BCUT2D eigenvalue weighted by Gasteiger charge is -2.25. The SMILES string of the molecule is O=S(=O)(Cc1ccccc1)CC(F)(F)C(F)(F)C(F)F. The molecule has 0 heterocycles. The number of alkyl halides is 6. The van der Waals surface area contributed by atoms with Crippen LogP contribution in [0.1, 0.15) is 5.56 Å². The summed E-state index contributed by atoms with van der Waals surface area (Å²) in [6, 6.07) is 6.98. The van der Waals surface area contributed by atoms with E-state index < -0.39 is 39.6 Å². The molecule has 0 aliphatic heterocycles. The number of hydrogen-bond donors (Lipinski definition) is 0. The third-order valence-electron chi connectivity index (χ3n) is 2.39. The van der Waals surface area contributed by atoms with Crippen LogP contribution >= 0.6 is 0 Å².